The van der Waals surface area contributed by atoms with Gasteiger partial charge in [-0.3, -0.25) is 9.36 Å². The SMILES string of the molecule is N#C/C(c1nnc2n1CCCCC2)=c1\s/c(=C\c2ccc(Cl)c(Cl)c2)c(=O)n1-c1ccccc1. The maximum absolute atomic E-state index is 13.6. The molecule has 0 bridgehead atoms. The summed E-state index contributed by atoms with van der Waals surface area (Å²) < 4.78 is 4.59. The fourth-order valence-corrected chi connectivity index (χ4v) is 5.49. The first-order chi connectivity index (χ1) is 16.6. The summed E-state index contributed by atoms with van der Waals surface area (Å²) in [6.07, 6.45) is 5.76. The van der Waals surface area contributed by atoms with E-state index in [-0.39, 0.29) is 5.56 Å². The Hall–Kier alpha value is -3.18. The molecule has 0 saturated carbocycles. The zero-order valence-corrected chi connectivity index (χ0v) is 20.4. The van der Waals surface area contributed by atoms with Gasteiger partial charge >= 0.3 is 0 Å². The Morgan fingerprint density at radius 3 is 2.65 bits per heavy atom. The first-order valence-corrected chi connectivity index (χ1v) is 12.4. The van der Waals surface area contributed by atoms with Gasteiger partial charge in [0.15, 0.2) is 5.82 Å². The quantitative estimate of drug-likeness (QED) is 0.418. The van der Waals surface area contributed by atoms with Crippen molar-refractivity contribution in [1.29, 1.82) is 5.26 Å². The molecule has 4 aromatic rings. The van der Waals surface area contributed by atoms with Gasteiger partial charge in [0.25, 0.3) is 5.56 Å². The highest BCUT2D eigenvalue weighted by Crippen LogP contribution is 2.23. The predicted molar refractivity (Wildman–Crippen MR) is 135 cm³/mol. The van der Waals surface area contributed by atoms with Crippen molar-refractivity contribution in [2.24, 2.45) is 0 Å². The van der Waals surface area contributed by atoms with Crippen molar-refractivity contribution in [1.82, 2.24) is 19.3 Å². The summed E-state index contributed by atoms with van der Waals surface area (Å²) in [4.78, 5) is 13.6. The number of hydrogen-bond acceptors (Lipinski definition) is 5. The van der Waals surface area contributed by atoms with Crippen molar-refractivity contribution in [3.8, 4) is 11.8 Å². The number of rotatable bonds is 3. The summed E-state index contributed by atoms with van der Waals surface area (Å²) in [5.41, 5.74) is 1.53. The summed E-state index contributed by atoms with van der Waals surface area (Å²) in [7, 11) is 0. The van der Waals surface area contributed by atoms with Crippen LogP contribution in [0.1, 0.15) is 36.5 Å². The Bertz CT molecular complexity index is 1590. The average Bonchev–Trinajstić information content (AvgIpc) is 3.28. The van der Waals surface area contributed by atoms with E-state index in [1.54, 1.807) is 28.8 Å². The number of halogens is 2. The monoisotopic (exact) mass is 507 g/mol. The van der Waals surface area contributed by atoms with Gasteiger partial charge in [-0.05, 0) is 48.7 Å². The third-order valence-corrected chi connectivity index (χ3v) is 7.57. The third kappa shape index (κ3) is 4.21. The van der Waals surface area contributed by atoms with Crippen molar-refractivity contribution in [3.05, 3.63) is 95.3 Å². The number of benzene rings is 2. The number of thiazole rings is 1. The van der Waals surface area contributed by atoms with Gasteiger partial charge in [0, 0.05) is 13.0 Å². The molecule has 1 aliphatic rings. The molecule has 170 valence electrons. The Labute approximate surface area is 209 Å². The van der Waals surface area contributed by atoms with Crippen LogP contribution in [0.4, 0.5) is 0 Å². The minimum atomic E-state index is -0.222. The molecule has 34 heavy (non-hydrogen) atoms. The molecule has 6 nitrogen and oxygen atoms in total. The Morgan fingerprint density at radius 1 is 1.06 bits per heavy atom. The summed E-state index contributed by atoms with van der Waals surface area (Å²) in [6, 6.07) is 16.8. The molecule has 0 atom stereocenters. The number of para-hydroxylation sites is 1. The standard InChI is InChI=1S/C25H19Cl2N5OS/c26-19-11-10-16(13-20(19)27)14-21-24(33)32(17-7-3-1-4-8-17)25(34-21)18(15-28)23-30-29-22-9-5-2-6-12-31(22)23/h1,3-4,7-8,10-11,13-14H,2,5-6,9,12H2/b21-14-,25-18+. The molecule has 2 aromatic heterocycles. The highest BCUT2D eigenvalue weighted by Gasteiger charge is 2.21. The van der Waals surface area contributed by atoms with Crippen LogP contribution in [-0.4, -0.2) is 19.3 Å². The lowest BCUT2D eigenvalue weighted by Crippen LogP contribution is -2.31. The van der Waals surface area contributed by atoms with Crippen LogP contribution < -0.4 is 14.8 Å². The molecular weight excluding hydrogens is 489 g/mol. The molecule has 0 fully saturated rings. The fraction of sp³-hybridized carbons (Fsp3) is 0.200. The molecule has 0 N–H and O–H groups in total. The van der Waals surface area contributed by atoms with Crippen LogP contribution in [0.3, 0.4) is 0 Å². The van der Waals surface area contributed by atoms with Crippen LogP contribution in [0.5, 0.6) is 0 Å². The summed E-state index contributed by atoms with van der Waals surface area (Å²) in [5, 5.41) is 19.8. The molecule has 0 saturated heterocycles. The van der Waals surface area contributed by atoms with Gasteiger partial charge in [0.2, 0.25) is 0 Å². The van der Waals surface area contributed by atoms with E-state index in [0.29, 0.717) is 36.3 Å². The molecular formula is C25H19Cl2N5OS. The molecule has 2 aromatic carbocycles. The lowest BCUT2D eigenvalue weighted by Gasteiger charge is -2.07. The van der Waals surface area contributed by atoms with Gasteiger partial charge in [0.1, 0.15) is 22.1 Å². The van der Waals surface area contributed by atoms with Gasteiger partial charge in [-0.2, -0.15) is 5.26 Å². The number of nitrogens with zero attached hydrogens (tertiary/aromatic N) is 5. The van der Waals surface area contributed by atoms with Gasteiger partial charge in [0.05, 0.1) is 20.3 Å². The Morgan fingerprint density at radius 2 is 1.88 bits per heavy atom. The van der Waals surface area contributed by atoms with E-state index < -0.39 is 0 Å². The van der Waals surface area contributed by atoms with Crippen molar-refractivity contribution < 1.29 is 0 Å². The van der Waals surface area contributed by atoms with Gasteiger partial charge in [-0.15, -0.1) is 21.5 Å². The van der Waals surface area contributed by atoms with Crippen LogP contribution in [0.25, 0.3) is 17.3 Å². The fourth-order valence-electron chi connectivity index (χ4n) is 4.08. The zero-order chi connectivity index (χ0) is 23.7. The van der Waals surface area contributed by atoms with Gasteiger partial charge in [-0.1, -0.05) is 53.9 Å². The maximum Gasteiger partial charge on any atom is 0.273 e. The van der Waals surface area contributed by atoms with E-state index in [4.69, 9.17) is 23.2 Å². The van der Waals surface area contributed by atoms with Crippen molar-refractivity contribution in [3.63, 3.8) is 0 Å². The van der Waals surface area contributed by atoms with Crippen LogP contribution >= 0.6 is 34.5 Å². The molecule has 3 heterocycles. The number of fused-ring (bicyclic) bond motifs is 1. The number of aromatic nitrogens is 4. The van der Waals surface area contributed by atoms with Crippen LogP contribution in [-0.2, 0) is 13.0 Å². The lowest BCUT2D eigenvalue weighted by molar-refractivity contribution is 0.627. The number of aryl methyl sites for hydroxylation is 1. The molecule has 0 spiro atoms. The second kappa shape index (κ2) is 9.59. The van der Waals surface area contributed by atoms with E-state index in [0.717, 1.165) is 43.6 Å². The Kier molecular flexibility index (Phi) is 6.38. The van der Waals surface area contributed by atoms with Crippen molar-refractivity contribution in [2.75, 3.05) is 0 Å². The lowest BCUT2D eigenvalue weighted by atomic mass is 10.2. The maximum atomic E-state index is 13.6. The number of nitriles is 1. The van der Waals surface area contributed by atoms with E-state index >= 15 is 0 Å². The summed E-state index contributed by atoms with van der Waals surface area (Å²) in [5.74, 6) is 1.39. The minimum Gasteiger partial charge on any atom is -0.310 e. The van der Waals surface area contributed by atoms with Crippen LogP contribution in [0.2, 0.25) is 10.0 Å². The summed E-state index contributed by atoms with van der Waals surface area (Å²) in [6.45, 7) is 0.756. The highest BCUT2D eigenvalue weighted by atomic mass is 35.5. The van der Waals surface area contributed by atoms with E-state index in [1.807, 2.05) is 34.9 Å². The highest BCUT2D eigenvalue weighted by molar-refractivity contribution is 7.07. The van der Waals surface area contributed by atoms with Crippen molar-refractivity contribution in [2.45, 2.75) is 32.2 Å². The molecule has 1 aliphatic heterocycles. The van der Waals surface area contributed by atoms with Gasteiger partial charge < -0.3 is 4.57 Å². The first kappa shape index (κ1) is 22.6. The molecule has 0 aliphatic carbocycles. The second-order valence-corrected chi connectivity index (χ2v) is 9.80. The van der Waals surface area contributed by atoms with Crippen LogP contribution in [0, 0.1) is 11.3 Å². The second-order valence-electron chi connectivity index (χ2n) is 7.95. The van der Waals surface area contributed by atoms with E-state index in [2.05, 4.69) is 16.3 Å². The van der Waals surface area contributed by atoms with Crippen molar-refractivity contribution >= 4 is 46.2 Å². The first-order valence-electron chi connectivity index (χ1n) is 10.9. The average molecular weight is 508 g/mol. The smallest absolute Gasteiger partial charge is 0.273 e. The van der Waals surface area contributed by atoms with E-state index in [9.17, 15) is 10.1 Å². The molecule has 0 unspecified atom stereocenters. The summed E-state index contributed by atoms with van der Waals surface area (Å²) >= 11 is 13.5. The predicted octanol–water partition coefficient (Wildman–Crippen LogP) is 4.08. The topological polar surface area (TPSA) is 76.5 Å². The third-order valence-electron chi connectivity index (χ3n) is 5.74. The largest absolute Gasteiger partial charge is 0.310 e. The normalized spacial score (nSPS) is 14.9. The molecule has 5 rings (SSSR count). The van der Waals surface area contributed by atoms with Gasteiger partial charge in [-0.25, -0.2) is 0 Å². The molecule has 9 heteroatoms. The Balaban J connectivity index is 1.82. The molecule has 0 amide bonds. The van der Waals surface area contributed by atoms with E-state index in [1.165, 1.54) is 11.3 Å². The minimum absolute atomic E-state index is 0.222. The molecule has 0 radical (unpaired) electrons. The zero-order valence-electron chi connectivity index (χ0n) is 18.0. The number of hydrogen-bond donors (Lipinski definition) is 0. The van der Waals surface area contributed by atoms with Crippen LogP contribution in [0.15, 0.2) is 53.3 Å².